The predicted molar refractivity (Wildman–Crippen MR) is 83.7 cm³/mol. The van der Waals surface area contributed by atoms with E-state index in [1.807, 2.05) is 0 Å². The number of ketones is 1. The summed E-state index contributed by atoms with van der Waals surface area (Å²) in [5, 5.41) is -1.02. The Labute approximate surface area is 133 Å². The minimum absolute atomic E-state index is 0.0577. The summed E-state index contributed by atoms with van der Waals surface area (Å²) in [5.74, 6) is -0.363. The molecular formula is C14H13Cl2NO3S. The van der Waals surface area contributed by atoms with E-state index in [2.05, 4.69) is 4.40 Å². The summed E-state index contributed by atoms with van der Waals surface area (Å²) in [7, 11) is -3.90. The van der Waals surface area contributed by atoms with Crippen LogP contribution in [-0.4, -0.2) is 30.2 Å². The molecule has 2 unspecified atom stereocenters. The monoisotopic (exact) mass is 345 g/mol. The highest BCUT2D eigenvalue weighted by Gasteiger charge is 2.44. The van der Waals surface area contributed by atoms with Crippen LogP contribution in [-0.2, 0) is 14.8 Å². The number of carbonyl (C=O) groups is 1. The molecule has 0 radical (unpaired) electrons. The van der Waals surface area contributed by atoms with Crippen LogP contribution in [0.5, 0.6) is 0 Å². The zero-order valence-electron chi connectivity index (χ0n) is 11.4. The van der Waals surface area contributed by atoms with Crippen molar-refractivity contribution in [1.29, 1.82) is 0 Å². The van der Waals surface area contributed by atoms with E-state index in [0.717, 1.165) is 0 Å². The number of nitrogens with zero attached hydrogens (tertiary/aromatic N) is 1. The molecule has 0 spiro atoms. The van der Waals surface area contributed by atoms with Gasteiger partial charge in [0.25, 0.3) is 10.0 Å². The fraction of sp³-hybridized carbons (Fsp3) is 0.286. The first-order chi connectivity index (χ1) is 9.66. The molecule has 1 aliphatic carbocycles. The van der Waals surface area contributed by atoms with Crippen LogP contribution < -0.4 is 0 Å². The highest BCUT2D eigenvalue weighted by Crippen LogP contribution is 2.34. The number of alkyl halides is 2. The Hall–Kier alpha value is -1.17. The largest absolute Gasteiger partial charge is 0.293 e. The molecule has 2 rings (SSSR count). The van der Waals surface area contributed by atoms with Gasteiger partial charge >= 0.3 is 0 Å². The second kappa shape index (κ2) is 5.55. The molecule has 0 amide bonds. The van der Waals surface area contributed by atoms with Crippen molar-refractivity contribution in [1.82, 2.24) is 0 Å². The van der Waals surface area contributed by atoms with Crippen LogP contribution in [0.3, 0.4) is 0 Å². The Kier molecular flexibility index (Phi) is 4.29. The third-order valence-corrected chi connectivity index (χ3v) is 5.67. The third kappa shape index (κ3) is 3.05. The highest BCUT2D eigenvalue weighted by atomic mass is 35.5. The van der Waals surface area contributed by atoms with Gasteiger partial charge in [0.2, 0.25) is 0 Å². The number of hydrogen-bond acceptors (Lipinski definition) is 3. The summed E-state index contributed by atoms with van der Waals surface area (Å²) in [5.41, 5.74) is 0.496. The summed E-state index contributed by atoms with van der Waals surface area (Å²) < 4.78 is 28.3. The number of rotatable bonds is 2. The second-order valence-electron chi connectivity index (χ2n) is 4.89. The van der Waals surface area contributed by atoms with E-state index >= 15 is 0 Å². The van der Waals surface area contributed by atoms with Gasteiger partial charge in [-0.3, -0.25) is 4.79 Å². The quantitative estimate of drug-likeness (QED) is 0.774. The molecule has 1 aromatic rings. The van der Waals surface area contributed by atoms with Gasteiger partial charge in [-0.1, -0.05) is 18.2 Å². The van der Waals surface area contributed by atoms with Crippen molar-refractivity contribution in [3.05, 3.63) is 42.0 Å². The molecular weight excluding hydrogens is 333 g/mol. The van der Waals surface area contributed by atoms with Crippen LogP contribution in [0.1, 0.15) is 13.8 Å². The third-order valence-electron chi connectivity index (χ3n) is 3.21. The molecule has 0 saturated carbocycles. The zero-order valence-corrected chi connectivity index (χ0v) is 13.7. The lowest BCUT2D eigenvalue weighted by atomic mass is 9.88. The van der Waals surface area contributed by atoms with E-state index in [1.54, 1.807) is 25.1 Å². The van der Waals surface area contributed by atoms with E-state index in [9.17, 15) is 13.2 Å². The van der Waals surface area contributed by atoms with Gasteiger partial charge in [0.05, 0.1) is 10.6 Å². The molecule has 0 bridgehead atoms. The zero-order chi connectivity index (χ0) is 15.8. The summed E-state index contributed by atoms with van der Waals surface area (Å²) in [6.07, 6.45) is 1.27. The Morgan fingerprint density at radius 3 is 2.38 bits per heavy atom. The average Bonchev–Trinajstić information content (AvgIpc) is 2.43. The smallest absolute Gasteiger partial charge is 0.282 e. The molecule has 1 aliphatic rings. The molecule has 21 heavy (non-hydrogen) atoms. The number of hydrogen-bond donors (Lipinski definition) is 0. The Morgan fingerprint density at radius 1 is 1.24 bits per heavy atom. The van der Waals surface area contributed by atoms with E-state index in [-0.39, 0.29) is 16.4 Å². The molecule has 112 valence electrons. The van der Waals surface area contributed by atoms with Crippen molar-refractivity contribution in [3.63, 3.8) is 0 Å². The molecule has 0 saturated heterocycles. The molecule has 0 heterocycles. The van der Waals surface area contributed by atoms with Gasteiger partial charge in [-0.25, -0.2) is 0 Å². The molecule has 1 aromatic carbocycles. The van der Waals surface area contributed by atoms with Gasteiger partial charge in [0.15, 0.2) is 5.78 Å². The van der Waals surface area contributed by atoms with E-state index in [4.69, 9.17) is 23.2 Å². The number of halogens is 2. The van der Waals surface area contributed by atoms with Crippen LogP contribution in [0.25, 0.3) is 0 Å². The van der Waals surface area contributed by atoms with E-state index in [0.29, 0.717) is 5.57 Å². The second-order valence-corrected chi connectivity index (χ2v) is 7.72. The van der Waals surface area contributed by atoms with Crippen molar-refractivity contribution < 1.29 is 13.2 Å². The van der Waals surface area contributed by atoms with Crippen LogP contribution in [0.15, 0.2) is 51.3 Å². The van der Waals surface area contributed by atoms with E-state index in [1.165, 1.54) is 25.1 Å². The van der Waals surface area contributed by atoms with Crippen molar-refractivity contribution in [2.45, 2.75) is 29.0 Å². The molecule has 2 atom stereocenters. The SMILES string of the molecule is CC1=CC(=O)C(C)(Cl)C(Cl)/C1=N/S(=O)(=O)c1ccccc1. The van der Waals surface area contributed by atoms with Crippen molar-refractivity contribution in [2.24, 2.45) is 4.40 Å². The number of sulfonamides is 1. The molecule has 0 fully saturated rings. The van der Waals surface area contributed by atoms with Crippen molar-refractivity contribution in [3.8, 4) is 0 Å². The Balaban J connectivity index is 2.55. The predicted octanol–water partition coefficient (Wildman–Crippen LogP) is 2.95. The van der Waals surface area contributed by atoms with Crippen LogP contribution in [0.2, 0.25) is 0 Å². The standard InChI is InChI=1S/C14H13Cl2NO3S/c1-9-8-11(18)14(2,16)13(15)12(9)17-21(19,20)10-6-4-3-5-7-10/h3-8,13H,1-2H3/b17-12+. The lowest BCUT2D eigenvalue weighted by molar-refractivity contribution is -0.116. The molecule has 0 N–H and O–H groups in total. The Bertz CT molecular complexity index is 737. The number of allylic oxidation sites excluding steroid dienone is 2. The van der Waals surface area contributed by atoms with Gasteiger partial charge in [-0.05, 0) is 37.6 Å². The first-order valence-electron chi connectivity index (χ1n) is 6.12. The minimum Gasteiger partial charge on any atom is -0.293 e. The molecule has 4 nitrogen and oxygen atoms in total. The highest BCUT2D eigenvalue weighted by molar-refractivity contribution is 7.90. The number of benzene rings is 1. The van der Waals surface area contributed by atoms with Crippen LogP contribution >= 0.6 is 23.2 Å². The first kappa shape index (κ1) is 16.2. The molecule has 7 heteroatoms. The summed E-state index contributed by atoms with van der Waals surface area (Å²) in [4.78, 5) is 10.5. The maximum absolute atomic E-state index is 12.3. The van der Waals surface area contributed by atoms with Crippen LogP contribution in [0, 0.1) is 0 Å². The van der Waals surface area contributed by atoms with Gasteiger partial charge in [-0.15, -0.1) is 23.2 Å². The summed E-state index contributed by atoms with van der Waals surface area (Å²) >= 11 is 12.3. The normalized spacial score (nSPS) is 28.6. The van der Waals surface area contributed by atoms with Crippen LogP contribution in [0.4, 0.5) is 0 Å². The van der Waals surface area contributed by atoms with Crippen molar-refractivity contribution >= 4 is 44.7 Å². The maximum Gasteiger partial charge on any atom is 0.282 e. The van der Waals surface area contributed by atoms with E-state index < -0.39 is 20.3 Å². The lowest BCUT2D eigenvalue weighted by Crippen LogP contribution is -2.46. The fourth-order valence-electron chi connectivity index (χ4n) is 1.89. The minimum atomic E-state index is -3.90. The molecule has 0 aliphatic heterocycles. The topological polar surface area (TPSA) is 63.6 Å². The van der Waals surface area contributed by atoms with Gasteiger partial charge in [0.1, 0.15) is 10.3 Å². The average molecular weight is 346 g/mol. The number of carbonyl (C=O) groups excluding carboxylic acids is 1. The lowest BCUT2D eigenvalue weighted by Gasteiger charge is -2.30. The fourth-order valence-corrected chi connectivity index (χ4v) is 3.55. The van der Waals surface area contributed by atoms with Gasteiger partial charge < -0.3 is 0 Å². The summed E-state index contributed by atoms with van der Waals surface area (Å²) in [6.45, 7) is 3.03. The maximum atomic E-state index is 12.3. The first-order valence-corrected chi connectivity index (χ1v) is 8.37. The van der Waals surface area contributed by atoms with Crippen molar-refractivity contribution in [2.75, 3.05) is 0 Å². The summed E-state index contributed by atoms with van der Waals surface area (Å²) in [6, 6.07) is 7.79. The Morgan fingerprint density at radius 2 is 1.81 bits per heavy atom. The van der Waals surface area contributed by atoms with Gasteiger partial charge in [-0.2, -0.15) is 12.8 Å². The van der Waals surface area contributed by atoms with Gasteiger partial charge in [0, 0.05) is 0 Å². The molecule has 0 aromatic heterocycles.